The molecule has 0 atom stereocenters. The van der Waals surface area contributed by atoms with Crippen molar-refractivity contribution in [3.63, 3.8) is 0 Å². The van der Waals surface area contributed by atoms with E-state index in [-0.39, 0.29) is 6.10 Å². The molecule has 0 fully saturated rings. The molecule has 5 heteroatoms. The average Bonchev–Trinajstić information content (AvgIpc) is 2.61. The molecule has 0 saturated carbocycles. The van der Waals surface area contributed by atoms with Crippen LogP contribution in [0.1, 0.15) is 30.1 Å². The van der Waals surface area contributed by atoms with Crippen LogP contribution in [0.3, 0.4) is 0 Å². The van der Waals surface area contributed by atoms with Gasteiger partial charge in [0, 0.05) is 11.9 Å². The monoisotopic (exact) mass is 265 g/mol. The maximum Gasteiger partial charge on any atom is 0.158 e. The van der Waals surface area contributed by atoms with Crippen LogP contribution in [0.2, 0.25) is 0 Å². The fourth-order valence-electron chi connectivity index (χ4n) is 1.78. The zero-order valence-electron chi connectivity index (χ0n) is 11.5. The molecular weight excluding hydrogens is 246 g/mol. The molecule has 0 aliphatic heterocycles. The molecule has 1 N–H and O–H groups in total. The Labute approximate surface area is 111 Å². The lowest BCUT2D eigenvalue weighted by Crippen LogP contribution is -2.07. The highest BCUT2D eigenvalue weighted by Crippen LogP contribution is 2.33. The highest BCUT2D eigenvalue weighted by atomic mass is 32.1. The van der Waals surface area contributed by atoms with Crippen LogP contribution in [-0.2, 0) is 11.3 Å². The number of ether oxygens (including phenoxy) is 1. The highest BCUT2D eigenvalue weighted by Gasteiger charge is 2.13. The van der Waals surface area contributed by atoms with Crippen LogP contribution in [0.4, 0.5) is 5.82 Å². The van der Waals surface area contributed by atoms with Crippen LogP contribution in [0.5, 0.6) is 0 Å². The summed E-state index contributed by atoms with van der Waals surface area (Å²) < 4.78 is 5.57. The van der Waals surface area contributed by atoms with E-state index in [1.807, 2.05) is 20.9 Å². The third-order valence-electron chi connectivity index (χ3n) is 2.86. The van der Waals surface area contributed by atoms with Crippen LogP contribution in [0, 0.1) is 13.8 Å². The molecule has 2 aromatic rings. The average molecular weight is 265 g/mol. The van der Waals surface area contributed by atoms with Gasteiger partial charge in [0.15, 0.2) is 5.82 Å². The molecule has 0 aromatic carbocycles. The van der Waals surface area contributed by atoms with Crippen molar-refractivity contribution in [2.24, 2.45) is 0 Å². The second-order valence-corrected chi connectivity index (χ2v) is 5.76. The van der Waals surface area contributed by atoms with Crippen molar-refractivity contribution in [2.75, 3.05) is 12.4 Å². The molecule has 0 amide bonds. The van der Waals surface area contributed by atoms with E-state index in [9.17, 15) is 0 Å². The van der Waals surface area contributed by atoms with Crippen LogP contribution in [0.25, 0.3) is 10.2 Å². The molecule has 0 spiro atoms. The molecular formula is C13H19N3OS. The minimum atomic E-state index is 0.189. The van der Waals surface area contributed by atoms with Crippen molar-refractivity contribution in [2.45, 2.75) is 40.4 Å². The predicted molar refractivity (Wildman–Crippen MR) is 76.4 cm³/mol. The van der Waals surface area contributed by atoms with Gasteiger partial charge in [-0.25, -0.2) is 9.97 Å². The van der Waals surface area contributed by atoms with Crippen LogP contribution in [0.15, 0.2) is 0 Å². The fraction of sp³-hybridized carbons (Fsp3) is 0.538. The number of aryl methyl sites for hydroxylation is 2. The first-order valence-electron chi connectivity index (χ1n) is 6.09. The van der Waals surface area contributed by atoms with Crippen molar-refractivity contribution in [1.82, 2.24) is 9.97 Å². The van der Waals surface area contributed by atoms with Crippen molar-refractivity contribution in [3.8, 4) is 0 Å². The number of nitrogens with one attached hydrogen (secondary N) is 1. The van der Waals surface area contributed by atoms with E-state index in [1.165, 1.54) is 10.4 Å². The van der Waals surface area contributed by atoms with Gasteiger partial charge >= 0.3 is 0 Å². The lowest BCUT2D eigenvalue weighted by Gasteiger charge is -2.08. The first-order valence-corrected chi connectivity index (χ1v) is 6.90. The van der Waals surface area contributed by atoms with Crippen LogP contribution >= 0.6 is 11.3 Å². The lowest BCUT2D eigenvalue weighted by molar-refractivity contribution is 0.0615. The minimum Gasteiger partial charge on any atom is -0.372 e. The second-order valence-electron chi connectivity index (χ2n) is 4.56. The number of nitrogens with zero attached hydrogens (tertiary/aromatic N) is 2. The summed E-state index contributed by atoms with van der Waals surface area (Å²) in [5, 5.41) is 4.28. The molecule has 0 radical (unpaired) electrons. The molecule has 0 aliphatic rings. The molecule has 18 heavy (non-hydrogen) atoms. The number of anilines is 1. The number of hydrogen-bond acceptors (Lipinski definition) is 5. The normalized spacial score (nSPS) is 11.4. The van der Waals surface area contributed by atoms with Gasteiger partial charge in [-0.2, -0.15) is 0 Å². The summed E-state index contributed by atoms with van der Waals surface area (Å²) in [7, 11) is 1.89. The van der Waals surface area contributed by atoms with Gasteiger partial charge in [0.25, 0.3) is 0 Å². The van der Waals surface area contributed by atoms with Gasteiger partial charge in [0.05, 0.1) is 11.5 Å². The maximum atomic E-state index is 5.57. The molecule has 98 valence electrons. The molecule has 2 rings (SSSR count). The SMILES string of the molecule is CNc1nc(COC(C)C)nc2sc(C)c(C)c12. The largest absolute Gasteiger partial charge is 0.372 e. The van der Waals surface area contributed by atoms with E-state index < -0.39 is 0 Å². The Morgan fingerprint density at radius 3 is 2.61 bits per heavy atom. The first-order chi connectivity index (χ1) is 8.52. The molecule has 0 bridgehead atoms. The Morgan fingerprint density at radius 1 is 1.28 bits per heavy atom. The third-order valence-corrected chi connectivity index (χ3v) is 3.96. The Balaban J connectivity index is 2.46. The number of aromatic nitrogens is 2. The number of fused-ring (bicyclic) bond motifs is 1. The van der Waals surface area contributed by atoms with E-state index in [0.717, 1.165) is 21.9 Å². The summed E-state index contributed by atoms with van der Waals surface area (Å²) in [6, 6.07) is 0. The van der Waals surface area contributed by atoms with Gasteiger partial charge in [-0.1, -0.05) is 0 Å². The topological polar surface area (TPSA) is 47.0 Å². The second kappa shape index (κ2) is 5.20. The van der Waals surface area contributed by atoms with E-state index in [4.69, 9.17) is 4.74 Å². The molecule has 0 unspecified atom stereocenters. The van der Waals surface area contributed by atoms with Crippen molar-refractivity contribution in [1.29, 1.82) is 0 Å². The van der Waals surface area contributed by atoms with Gasteiger partial charge in [-0.05, 0) is 33.3 Å². The molecule has 0 saturated heterocycles. The fourth-order valence-corrected chi connectivity index (χ4v) is 2.83. The lowest BCUT2D eigenvalue weighted by atomic mass is 10.2. The summed E-state index contributed by atoms with van der Waals surface area (Å²) in [6.07, 6.45) is 0.189. The highest BCUT2D eigenvalue weighted by molar-refractivity contribution is 7.18. The summed E-state index contributed by atoms with van der Waals surface area (Å²) in [5.74, 6) is 1.63. The van der Waals surface area contributed by atoms with Gasteiger partial charge in [-0.3, -0.25) is 0 Å². The molecule has 2 heterocycles. The standard InChI is InChI=1S/C13H19N3OS/c1-7(2)17-6-10-15-12(14-5)11-8(3)9(4)18-13(11)16-10/h7H,6H2,1-5H3,(H,14,15,16). The molecule has 2 aromatic heterocycles. The van der Waals surface area contributed by atoms with Gasteiger partial charge in [0.2, 0.25) is 0 Å². The minimum absolute atomic E-state index is 0.189. The third kappa shape index (κ3) is 2.47. The summed E-state index contributed by atoms with van der Waals surface area (Å²) in [5.41, 5.74) is 1.26. The van der Waals surface area contributed by atoms with Crippen molar-refractivity contribution < 1.29 is 4.74 Å². The smallest absolute Gasteiger partial charge is 0.158 e. The number of rotatable bonds is 4. The molecule has 4 nitrogen and oxygen atoms in total. The van der Waals surface area contributed by atoms with E-state index in [1.54, 1.807) is 11.3 Å². The zero-order chi connectivity index (χ0) is 13.3. The van der Waals surface area contributed by atoms with E-state index >= 15 is 0 Å². The first kappa shape index (κ1) is 13.2. The quantitative estimate of drug-likeness (QED) is 0.921. The van der Waals surface area contributed by atoms with Crippen molar-refractivity contribution >= 4 is 27.4 Å². The van der Waals surface area contributed by atoms with E-state index in [2.05, 4.69) is 29.1 Å². The Morgan fingerprint density at radius 2 is 2.00 bits per heavy atom. The van der Waals surface area contributed by atoms with Gasteiger partial charge in [0.1, 0.15) is 17.3 Å². The van der Waals surface area contributed by atoms with Crippen LogP contribution < -0.4 is 5.32 Å². The number of hydrogen-bond donors (Lipinski definition) is 1. The number of thiophene rings is 1. The Bertz CT molecular complexity index is 563. The van der Waals surface area contributed by atoms with Crippen LogP contribution in [-0.4, -0.2) is 23.1 Å². The maximum absolute atomic E-state index is 5.57. The van der Waals surface area contributed by atoms with E-state index in [0.29, 0.717) is 6.61 Å². The Hall–Kier alpha value is -1.20. The zero-order valence-corrected chi connectivity index (χ0v) is 12.3. The molecule has 0 aliphatic carbocycles. The van der Waals surface area contributed by atoms with Gasteiger partial charge < -0.3 is 10.1 Å². The summed E-state index contributed by atoms with van der Waals surface area (Å²) in [4.78, 5) is 11.4. The predicted octanol–water partition coefficient (Wildman–Crippen LogP) is 3.27. The van der Waals surface area contributed by atoms with Crippen molar-refractivity contribution in [3.05, 3.63) is 16.3 Å². The Kier molecular flexibility index (Phi) is 3.82. The summed E-state index contributed by atoms with van der Waals surface area (Å²) in [6.45, 7) is 8.71. The summed E-state index contributed by atoms with van der Waals surface area (Å²) >= 11 is 1.71. The van der Waals surface area contributed by atoms with Gasteiger partial charge in [-0.15, -0.1) is 11.3 Å².